The molecule has 0 aromatic heterocycles. The summed E-state index contributed by atoms with van der Waals surface area (Å²) in [5.74, 6) is -2.77. The minimum Gasteiger partial charge on any atom is -0.465 e. The average molecular weight is 377 g/mol. The van der Waals surface area contributed by atoms with E-state index < -0.39 is 17.9 Å². The van der Waals surface area contributed by atoms with E-state index in [-0.39, 0.29) is 22.0 Å². The van der Waals surface area contributed by atoms with Crippen LogP contribution in [0.3, 0.4) is 0 Å². The Morgan fingerprint density at radius 3 is 2.44 bits per heavy atom. The highest BCUT2D eigenvalue weighted by Gasteiger charge is 2.36. The number of benzene rings is 1. The van der Waals surface area contributed by atoms with Gasteiger partial charge in [-0.2, -0.15) is 13.2 Å². The summed E-state index contributed by atoms with van der Waals surface area (Å²) in [6.07, 6.45) is -1.91. The molecule has 0 fully saturated rings. The van der Waals surface area contributed by atoms with Crippen molar-refractivity contribution in [1.29, 1.82) is 0 Å². The predicted molar refractivity (Wildman–Crippen MR) is 88.4 cm³/mol. The number of anilines is 1. The molecule has 9 heteroatoms. The molecule has 0 radical (unpaired) electrons. The van der Waals surface area contributed by atoms with Gasteiger partial charge >= 0.3 is 12.1 Å². The molecule has 1 aromatic rings. The molecule has 0 saturated carbocycles. The van der Waals surface area contributed by atoms with Crippen LogP contribution >= 0.6 is 11.6 Å². The van der Waals surface area contributed by atoms with Crippen LogP contribution in [0.5, 0.6) is 0 Å². The number of rotatable bonds is 6. The molecule has 0 unspecified atom stereocenters. The van der Waals surface area contributed by atoms with E-state index in [1.165, 1.54) is 30.5 Å². The van der Waals surface area contributed by atoms with E-state index in [0.29, 0.717) is 6.08 Å². The maximum absolute atomic E-state index is 12.5. The SMILES string of the molecule is COC(=O)c1cc(Cl)ccc1NC(C=CN(C)C)=CC(=O)C(F)(F)F. The van der Waals surface area contributed by atoms with Gasteiger partial charge < -0.3 is 15.0 Å². The van der Waals surface area contributed by atoms with Crippen molar-refractivity contribution in [1.82, 2.24) is 4.90 Å². The number of hydrogen-bond donors (Lipinski definition) is 1. The van der Waals surface area contributed by atoms with Crippen LogP contribution in [0.2, 0.25) is 5.02 Å². The molecule has 1 aromatic carbocycles. The highest BCUT2D eigenvalue weighted by atomic mass is 35.5. The molecule has 1 rings (SSSR count). The van der Waals surface area contributed by atoms with Gasteiger partial charge in [-0.1, -0.05) is 11.6 Å². The van der Waals surface area contributed by atoms with Gasteiger partial charge in [0.15, 0.2) is 0 Å². The van der Waals surface area contributed by atoms with Crippen LogP contribution in [0.25, 0.3) is 0 Å². The highest BCUT2D eigenvalue weighted by molar-refractivity contribution is 6.31. The fraction of sp³-hybridized carbons (Fsp3) is 0.250. The second-order valence-electron chi connectivity index (χ2n) is 5.05. The first-order chi connectivity index (χ1) is 11.5. The molecule has 136 valence electrons. The number of halogens is 4. The van der Waals surface area contributed by atoms with Crippen molar-refractivity contribution in [2.75, 3.05) is 26.5 Å². The standard InChI is InChI=1S/C16H16ClF3N2O3/c1-22(2)7-6-11(9-14(23)16(18,19)20)21-13-5-4-10(17)8-12(13)15(24)25-3/h4-9,21H,1-3H3. The number of carbonyl (C=O) groups is 2. The summed E-state index contributed by atoms with van der Waals surface area (Å²) < 4.78 is 42.2. The Labute approximate surface area is 147 Å². The molecule has 0 heterocycles. The minimum absolute atomic E-state index is 0.0126. The molecular weight excluding hydrogens is 361 g/mol. The Hall–Kier alpha value is -2.48. The van der Waals surface area contributed by atoms with E-state index >= 15 is 0 Å². The summed E-state index contributed by atoms with van der Waals surface area (Å²) in [5.41, 5.74) is -0.0111. The van der Waals surface area contributed by atoms with E-state index in [9.17, 15) is 22.8 Å². The number of alkyl halides is 3. The van der Waals surface area contributed by atoms with Crippen LogP contribution in [0.15, 0.2) is 42.2 Å². The van der Waals surface area contributed by atoms with E-state index in [0.717, 1.165) is 7.11 Å². The van der Waals surface area contributed by atoms with Crippen molar-refractivity contribution < 1.29 is 27.5 Å². The molecule has 0 aliphatic heterocycles. The van der Waals surface area contributed by atoms with E-state index in [4.69, 9.17) is 11.6 Å². The van der Waals surface area contributed by atoms with Crippen molar-refractivity contribution in [2.45, 2.75) is 6.18 Å². The molecule has 0 aliphatic rings. The summed E-state index contributed by atoms with van der Waals surface area (Å²) in [5, 5.41) is 2.86. The molecule has 0 spiro atoms. The summed E-state index contributed by atoms with van der Waals surface area (Å²) in [6, 6.07) is 4.13. The van der Waals surface area contributed by atoms with Gasteiger partial charge in [0.25, 0.3) is 5.78 Å². The third-order valence-corrected chi connectivity index (χ3v) is 3.02. The number of methoxy groups -OCH3 is 1. The second-order valence-corrected chi connectivity index (χ2v) is 5.48. The number of ketones is 1. The summed E-state index contributed by atoms with van der Waals surface area (Å²) in [6.45, 7) is 0. The zero-order valence-electron chi connectivity index (χ0n) is 13.6. The third kappa shape index (κ3) is 6.50. The van der Waals surface area contributed by atoms with E-state index in [2.05, 4.69) is 10.1 Å². The van der Waals surface area contributed by atoms with Crippen molar-refractivity contribution in [3.8, 4) is 0 Å². The first-order valence-corrected chi connectivity index (χ1v) is 7.24. The van der Waals surface area contributed by atoms with Crippen molar-refractivity contribution >= 4 is 29.0 Å². The van der Waals surface area contributed by atoms with Crippen molar-refractivity contribution in [3.63, 3.8) is 0 Å². The van der Waals surface area contributed by atoms with E-state index in [1.54, 1.807) is 19.0 Å². The molecule has 1 N–H and O–H groups in total. The maximum Gasteiger partial charge on any atom is 0.454 e. The molecule has 0 atom stereocenters. The zero-order chi connectivity index (χ0) is 19.2. The van der Waals surface area contributed by atoms with Crippen LogP contribution in [-0.2, 0) is 9.53 Å². The van der Waals surface area contributed by atoms with Gasteiger partial charge in [-0.15, -0.1) is 0 Å². The van der Waals surface area contributed by atoms with Gasteiger partial charge in [0.1, 0.15) is 0 Å². The second kappa shape index (κ2) is 8.57. The number of hydrogen-bond acceptors (Lipinski definition) is 5. The topological polar surface area (TPSA) is 58.6 Å². The van der Waals surface area contributed by atoms with E-state index in [1.807, 2.05) is 0 Å². The fourth-order valence-electron chi connectivity index (χ4n) is 1.64. The lowest BCUT2D eigenvalue weighted by molar-refractivity contribution is -0.165. The Morgan fingerprint density at radius 1 is 1.28 bits per heavy atom. The lowest BCUT2D eigenvalue weighted by Crippen LogP contribution is -2.21. The maximum atomic E-state index is 12.5. The van der Waals surface area contributed by atoms with Gasteiger partial charge in [0, 0.05) is 37.1 Å². The molecule has 0 bridgehead atoms. The zero-order valence-corrected chi connectivity index (χ0v) is 14.4. The number of esters is 1. The fourth-order valence-corrected chi connectivity index (χ4v) is 1.81. The smallest absolute Gasteiger partial charge is 0.454 e. The summed E-state index contributed by atoms with van der Waals surface area (Å²) >= 11 is 5.83. The van der Waals surface area contributed by atoms with Crippen LogP contribution in [0, 0.1) is 0 Å². The minimum atomic E-state index is -5.01. The van der Waals surface area contributed by atoms with Gasteiger partial charge in [-0.05, 0) is 24.3 Å². The number of ether oxygens (including phenoxy) is 1. The Bertz CT molecular complexity index is 713. The number of carbonyl (C=O) groups excluding carboxylic acids is 2. The lowest BCUT2D eigenvalue weighted by Gasteiger charge is -2.13. The number of nitrogens with zero attached hydrogens (tertiary/aromatic N) is 1. The van der Waals surface area contributed by atoms with Crippen molar-refractivity contribution in [3.05, 3.63) is 52.8 Å². The molecule has 0 amide bonds. The first kappa shape index (κ1) is 20.6. The largest absolute Gasteiger partial charge is 0.465 e. The third-order valence-electron chi connectivity index (χ3n) is 2.78. The molecular formula is C16H16ClF3N2O3. The normalized spacial score (nSPS) is 12.2. The number of allylic oxidation sites excluding steroid dienone is 2. The summed E-state index contributed by atoms with van der Waals surface area (Å²) in [4.78, 5) is 24.6. The van der Waals surface area contributed by atoms with Gasteiger partial charge in [0.05, 0.1) is 18.4 Å². The van der Waals surface area contributed by atoms with Gasteiger partial charge in [-0.25, -0.2) is 4.79 Å². The van der Waals surface area contributed by atoms with Crippen LogP contribution in [0.1, 0.15) is 10.4 Å². The van der Waals surface area contributed by atoms with Crippen LogP contribution in [0.4, 0.5) is 18.9 Å². The quantitative estimate of drug-likeness (QED) is 0.467. The first-order valence-electron chi connectivity index (χ1n) is 6.87. The molecule has 0 aliphatic carbocycles. The Morgan fingerprint density at radius 2 is 1.92 bits per heavy atom. The Balaban J connectivity index is 3.29. The van der Waals surface area contributed by atoms with Gasteiger partial charge in [-0.3, -0.25) is 4.79 Å². The lowest BCUT2D eigenvalue weighted by atomic mass is 10.1. The molecule has 0 saturated heterocycles. The predicted octanol–water partition coefficient (Wildman–Crippen LogP) is 3.63. The number of nitrogens with one attached hydrogen (secondary N) is 1. The van der Waals surface area contributed by atoms with Crippen LogP contribution in [-0.4, -0.2) is 44.0 Å². The molecule has 5 nitrogen and oxygen atoms in total. The van der Waals surface area contributed by atoms with Crippen molar-refractivity contribution in [2.24, 2.45) is 0 Å². The monoisotopic (exact) mass is 376 g/mol. The van der Waals surface area contributed by atoms with Crippen LogP contribution < -0.4 is 5.32 Å². The average Bonchev–Trinajstić information content (AvgIpc) is 2.52. The van der Waals surface area contributed by atoms with Gasteiger partial charge in [0.2, 0.25) is 0 Å². The Kier molecular flexibility index (Phi) is 7.05. The summed E-state index contributed by atoms with van der Waals surface area (Å²) in [7, 11) is 4.46. The highest BCUT2D eigenvalue weighted by Crippen LogP contribution is 2.24. The molecule has 25 heavy (non-hydrogen) atoms.